The number of amides is 1. The Hall–Kier alpha value is -1.60. The second-order valence-corrected chi connectivity index (χ2v) is 6.05. The Morgan fingerprint density at radius 1 is 1.38 bits per heavy atom. The summed E-state index contributed by atoms with van der Waals surface area (Å²) in [4.78, 5) is 24.8. The second-order valence-electron chi connectivity index (χ2n) is 6.05. The number of hydrogen-bond acceptors (Lipinski definition) is 6. The van der Waals surface area contributed by atoms with E-state index in [1.54, 1.807) is 20.8 Å². The van der Waals surface area contributed by atoms with Crippen molar-refractivity contribution in [3.8, 4) is 0 Å². The van der Waals surface area contributed by atoms with Crippen molar-refractivity contribution < 1.29 is 29.3 Å². The van der Waals surface area contributed by atoms with Crippen LogP contribution in [0.1, 0.15) is 27.2 Å². The number of rotatable bonds is 3. The fraction of sp³-hybridized carbons (Fsp3) is 0.714. The summed E-state index contributed by atoms with van der Waals surface area (Å²) in [6.07, 6.45) is -2.62. The molecule has 1 rings (SSSR count). The van der Waals surface area contributed by atoms with Gasteiger partial charge in [-0.1, -0.05) is 6.58 Å². The summed E-state index contributed by atoms with van der Waals surface area (Å²) < 4.78 is 9.74. The first-order valence-electron chi connectivity index (χ1n) is 6.69. The summed E-state index contributed by atoms with van der Waals surface area (Å²) in [5.74, 6) is -0.756. The van der Waals surface area contributed by atoms with Gasteiger partial charge >= 0.3 is 12.1 Å². The van der Waals surface area contributed by atoms with Gasteiger partial charge in [0.05, 0.1) is 31.4 Å². The number of β-amino-alcohol motifs (C(OH)–C–C–N with tert-alkyl or cyclic N) is 1. The number of nitrogens with zero attached hydrogens (tertiary/aromatic N) is 1. The Kier molecular flexibility index (Phi) is 5.36. The molecule has 3 atom stereocenters. The lowest BCUT2D eigenvalue weighted by Crippen LogP contribution is -2.46. The highest BCUT2D eigenvalue weighted by Gasteiger charge is 2.42. The lowest BCUT2D eigenvalue weighted by atomic mass is 10.0. The van der Waals surface area contributed by atoms with Crippen molar-refractivity contribution in [3.05, 3.63) is 12.2 Å². The molecule has 0 radical (unpaired) electrons. The highest BCUT2D eigenvalue weighted by molar-refractivity contribution is 5.89. The first-order chi connectivity index (χ1) is 9.56. The van der Waals surface area contributed by atoms with Gasteiger partial charge in [0.25, 0.3) is 0 Å². The van der Waals surface area contributed by atoms with Crippen LogP contribution in [-0.4, -0.2) is 64.7 Å². The summed E-state index contributed by atoms with van der Waals surface area (Å²) in [6, 6.07) is -0.776. The molecule has 7 heteroatoms. The van der Waals surface area contributed by atoms with E-state index in [2.05, 4.69) is 11.3 Å². The van der Waals surface area contributed by atoms with Crippen molar-refractivity contribution in [2.45, 2.75) is 51.0 Å². The minimum atomic E-state index is -1.32. The Morgan fingerprint density at radius 2 is 1.95 bits per heavy atom. The smallest absolute Gasteiger partial charge is 0.410 e. The molecule has 1 fully saturated rings. The molecule has 0 unspecified atom stereocenters. The van der Waals surface area contributed by atoms with Gasteiger partial charge in [0.1, 0.15) is 11.7 Å². The standard InChI is InChI=1S/C14H23NO6/c1-8(12(18)20-5)11(17)10-6-9(16)7-15(10)13(19)21-14(2,3)4/h9-11,16-17H,1,6-7H2,2-5H3/t9-,10-,11+/m1/s1. The van der Waals surface area contributed by atoms with Gasteiger partial charge in [-0.05, 0) is 27.2 Å². The number of esters is 1. The van der Waals surface area contributed by atoms with Crippen LogP contribution in [0, 0.1) is 0 Å². The van der Waals surface area contributed by atoms with E-state index in [1.807, 2.05) is 0 Å². The minimum Gasteiger partial charge on any atom is -0.466 e. The number of carbonyl (C=O) groups excluding carboxylic acids is 2. The minimum absolute atomic E-state index is 0.0328. The zero-order chi connectivity index (χ0) is 16.4. The van der Waals surface area contributed by atoms with Crippen LogP contribution in [-0.2, 0) is 14.3 Å². The molecule has 0 bridgehead atoms. The normalized spacial score (nSPS) is 23.6. The largest absolute Gasteiger partial charge is 0.466 e. The highest BCUT2D eigenvalue weighted by Crippen LogP contribution is 2.26. The van der Waals surface area contributed by atoms with Gasteiger partial charge in [0.2, 0.25) is 0 Å². The number of methoxy groups -OCH3 is 1. The molecule has 2 N–H and O–H groups in total. The maximum Gasteiger partial charge on any atom is 0.410 e. The molecule has 1 aliphatic rings. The first kappa shape index (κ1) is 17.5. The fourth-order valence-corrected chi connectivity index (χ4v) is 2.16. The number of ether oxygens (including phenoxy) is 2. The number of aliphatic hydroxyl groups is 2. The zero-order valence-corrected chi connectivity index (χ0v) is 12.8. The van der Waals surface area contributed by atoms with Crippen molar-refractivity contribution >= 4 is 12.1 Å². The summed E-state index contributed by atoms with van der Waals surface area (Å²) in [6.45, 7) is 8.67. The molecule has 1 heterocycles. The lowest BCUT2D eigenvalue weighted by molar-refractivity contribution is -0.137. The van der Waals surface area contributed by atoms with Crippen molar-refractivity contribution in [2.24, 2.45) is 0 Å². The van der Waals surface area contributed by atoms with Crippen LogP contribution in [0.25, 0.3) is 0 Å². The SMILES string of the molecule is C=C(C(=O)OC)[C@H](O)[C@H]1C[C@@H](O)CN1C(=O)OC(C)(C)C. The zero-order valence-electron chi connectivity index (χ0n) is 12.8. The van der Waals surface area contributed by atoms with E-state index in [4.69, 9.17) is 4.74 Å². The van der Waals surface area contributed by atoms with E-state index in [9.17, 15) is 19.8 Å². The van der Waals surface area contributed by atoms with Gasteiger partial charge in [0, 0.05) is 0 Å². The van der Waals surface area contributed by atoms with Gasteiger partial charge in [-0.25, -0.2) is 9.59 Å². The third kappa shape index (κ3) is 4.44. The van der Waals surface area contributed by atoms with Crippen molar-refractivity contribution in [1.82, 2.24) is 4.90 Å². The molecule has 0 aromatic carbocycles. The molecule has 120 valence electrons. The molecule has 0 aromatic rings. The van der Waals surface area contributed by atoms with Crippen LogP contribution in [0.4, 0.5) is 4.79 Å². The van der Waals surface area contributed by atoms with Crippen LogP contribution >= 0.6 is 0 Å². The van der Waals surface area contributed by atoms with Crippen LogP contribution in [0.2, 0.25) is 0 Å². The van der Waals surface area contributed by atoms with E-state index in [1.165, 1.54) is 12.0 Å². The van der Waals surface area contributed by atoms with Crippen LogP contribution in [0.15, 0.2) is 12.2 Å². The van der Waals surface area contributed by atoms with E-state index < -0.39 is 35.9 Å². The monoisotopic (exact) mass is 301 g/mol. The predicted octanol–water partition coefficient (Wildman–Crippen LogP) is 0.447. The quantitative estimate of drug-likeness (QED) is 0.580. The third-order valence-corrected chi connectivity index (χ3v) is 3.12. The topological polar surface area (TPSA) is 96.3 Å². The Morgan fingerprint density at radius 3 is 2.43 bits per heavy atom. The third-order valence-electron chi connectivity index (χ3n) is 3.12. The summed E-state index contributed by atoms with van der Waals surface area (Å²) in [7, 11) is 1.18. The molecule has 1 aliphatic heterocycles. The summed E-state index contributed by atoms with van der Waals surface area (Å²) >= 11 is 0. The van der Waals surface area contributed by atoms with E-state index in [-0.39, 0.29) is 18.5 Å². The van der Waals surface area contributed by atoms with Gasteiger partial charge < -0.3 is 19.7 Å². The molecule has 1 amide bonds. The van der Waals surface area contributed by atoms with E-state index in [0.29, 0.717) is 0 Å². The average molecular weight is 301 g/mol. The predicted molar refractivity (Wildman–Crippen MR) is 74.5 cm³/mol. The van der Waals surface area contributed by atoms with Gasteiger partial charge in [-0.15, -0.1) is 0 Å². The summed E-state index contributed by atoms with van der Waals surface area (Å²) in [5, 5.41) is 19.9. The molecule has 0 saturated carbocycles. The van der Waals surface area contributed by atoms with Crippen molar-refractivity contribution in [2.75, 3.05) is 13.7 Å². The Bertz CT molecular complexity index is 428. The number of hydrogen-bond donors (Lipinski definition) is 2. The molecule has 0 spiro atoms. The second kappa shape index (κ2) is 6.44. The molecular weight excluding hydrogens is 278 g/mol. The maximum absolute atomic E-state index is 12.1. The van der Waals surface area contributed by atoms with Crippen LogP contribution in [0.3, 0.4) is 0 Å². The van der Waals surface area contributed by atoms with Crippen LogP contribution in [0.5, 0.6) is 0 Å². The Balaban J connectivity index is 2.86. The van der Waals surface area contributed by atoms with E-state index >= 15 is 0 Å². The van der Waals surface area contributed by atoms with E-state index in [0.717, 1.165) is 0 Å². The maximum atomic E-state index is 12.1. The number of aliphatic hydroxyl groups excluding tert-OH is 2. The molecule has 7 nitrogen and oxygen atoms in total. The number of likely N-dealkylation sites (tertiary alicyclic amines) is 1. The van der Waals surface area contributed by atoms with Crippen LogP contribution < -0.4 is 0 Å². The summed E-state index contributed by atoms with van der Waals surface area (Å²) in [5.41, 5.74) is -0.857. The van der Waals surface area contributed by atoms with Gasteiger partial charge in [-0.2, -0.15) is 0 Å². The fourth-order valence-electron chi connectivity index (χ4n) is 2.16. The number of carbonyl (C=O) groups is 2. The Labute approximate surface area is 124 Å². The van der Waals surface area contributed by atoms with Gasteiger partial charge in [0.15, 0.2) is 0 Å². The first-order valence-corrected chi connectivity index (χ1v) is 6.69. The van der Waals surface area contributed by atoms with Gasteiger partial charge in [-0.3, -0.25) is 4.90 Å². The highest BCUT2D eigenvalue weighted by atomic mass is 16.6. The average Bonchev–Trinajstić information content (AvgIpc) is 2.76. The molecule has 21 heavy (non-hydrogen) atoms. The molecular formula is C14H23NO6. The molecule has 0 aromatic heterocycles. The van der Waals surface area contributed by atoms with Crippen molar-refractivity contribution in [1.29, 1.82) is 0 Å². The lowest BCUT2D eigenvalue weighted by Gasteiger charge is -2.30. The molecule has 0 aliphatic carbocycles. The molecule has 1 saturated heterocycles. The van der Waals surface area contributed by atoms with Crippen molar-refractivity contribution in [3.63, 3.8) is 0 Å².